The van der Waals surface area contributed by atoms with Crippen LogP contribution in [0.5, 0.6) is 5.75 Å². The molecule has 6 heteroatoms. The number of carbonyl (C=O) groups is 1. The Hall–Kier alpha value is -2.79. The molecule has 4 rings (SSSR count). The Kier molecular flexibility index (Phi) is 4.17. The second-order valence-corrected chi connectivity index (χ2v) is 6.77. The fourth-order valence-electron chi connectivity index (χ4n) is 3.28. The van der Waals surface area contributed by atoms with E-state index in [0.29, 0.717) is 16.4 Å². The molecule has 1 amide bonds. The number of rotatable bonds is 3. The summed E-state index contributed by atoms with van der Waals surface area (Å²) in [6.07, 6.45) is 1.60. The zero-order chi connectivity index (χ0) is 18.3. The number of halogens is 1. The average molecular weight is 368 g/mol. The fourth-order valence-corrected chi connectivity index (χ4v) is 3.46. The van der Waals surface area contributed by atoms with E-state index in [4.69, 9.17) is 16.3 Å². The zero-order valence-corrected chi connectivity index (χ0v) is 15.3. The van der Waals surface area contributed by atoms with Crippen LogP contribution in [-0.4, -0.2) is 23.2 Å². The number of methoxy groups -OCH3 is 1. The summed E-state index contributed by atoms with van der Waals surface area (Å²) in [4.78, 5) is 12.7. The number of aromatic amines is 1. The molecule has 1 heterocycles. The summed E-state index contributed by atoms with van der Waals surface area (Å²) < 4.78 is 5.29. The normalized spacial score (nSPS) is 12.3. The number of hydrogen-bond donors (Lipinski definition) is 2. The summed E-state index contributed by atoms with van der Waals surface area (Å²) >= 11 is 6.14. The van der Waals surface area contributed by atoms with E-state index in [1.54, 1.807) is 13.2 Å². The maximum absolute atomic E-state index is 12.7. The van der Waals surface area contributed by atoms with Crippen molar-refractivity contribution in [3.63, 3.8) is 0 Å². The number of ether oxygens (including phenoxy) is 1. The molecule has 0 atom stereocenters. The van der Waals surface area contributed by atoms with Crippen molar-refractivity contribution < 1.29 is 9.53 Å². The number of nitrogens with one attached hydrogen (secondary N) is 2. The van der Waals surface area contributed by atoms with Crippen LogP contribution in [0.15, 0.2) is 36.4 Å². The number of benzene rings is 2. The molecule has 1 aromatic heterocycles. The lowest BCUT2D eigenvalue weighted by Crippen LogP contribution is -2.15. The largest absolute Gasteiger partial charge is 0.497 e. The van der Waals surface area contributed by atoms with Crippen LogP contribution in [0.25, 0.3) is 11.3 Å². The van der Waals surface area contributed by atoms with Crippen LogP contribution in [0.4, 0.5) is 5.69 Å². The maximum Gasteiger partial charge on any atom is 0.273 e. The van der Waals surface area contributed by atoms with Crippen LogP contribution in [0.2, 0.25) is 5.02 Å². The van der Waals surface area contributed by atoms with Gasteiger partial charge in [-0.3, -0.25) is 9.89 Å². The van der Waals surface area contributed by atoms with Gasteiger partial charge in [0.15, 0.2) is 0 Å². The van der Waals surface area contributed by atoms with Gasteiger partial charge in [0.2, 0.25) is 0 Å². The van der Waals surface area contributed by atoms with Crippen molar-refractivity contribution in [2.24, 2.45) is 0 Å². The lowest BCUT2D eigenvalue weighted by atomic mass is 9.89. The Labute approximate surface area is 156 Å². The summed E-state index contributed by atoms with van der Waals surface area (Å²) in [7, 11) is 1.66. The summed E-state index contributed by atoms with van der Waals surface area (Å²) in [5.41, 5.74) is 6.13. The number of aromatic nitrogens is 2. The highest BCUT2D eigenvalue weighted by Crippen LogP contribution is 2.35. The van der Waals surface area contributed by atoms with E-state index >= 15 is 0 Å². The second kappa shape index (κ2) is 6.50. The maximum atomic E-state index is 12.7. The summed E-state index contributed by atoms with van der Waals surface area (Å²) in [6.45, 7) is 1.92. The van der Waals surface area contributed by atoms with Crippen LogP contribution in [0.3, 0.4) is 0 Å². The van der Waals surface area contributed by atoms with Gasteiger partial charge in [0, 0.05) is 21.8 Å². The molecular formula is C20H18ClN3O2. The SMILES string of the molecule is COc1ccc2c(c1)CCc1c-2n[nH]c1C(=O)Nc1ccc(C)c(Cl)c1. The minimum atomic E-state index is -0.212. The molecule has 26 heavy (non-hydrogen) atoms. The first kappa shape index (κ1) is 16.7. The molecular weight excluding hydrogens is 350 g/mol. The van der Waals surface area contributed by atoms with Crippen LogP contribution >= 0.6 is 11.6 Å². The molecule has 0 saturated carbocycles. The zero-order valence-electron chi connectivity index (χ0n) is 14.5. The van der Waals surface area contributed by atoms with Crippen molar-refractivity contribution in [1.29, 1.82) is 0 Å². The molecule has 3 aromatic rings. The van der Waals surface area contributed by atoms with Gasteiger partial charge in [-0.1, -0.05) is 17.7 Å². The number of anilines is 1. The third kappa shape index (κ3) is 2.84. The summed E-state index contributed by atoms with van der Waals surface area (Å²) in [5, 5.41) is 10.8. The first-order chi connectivity index (χ1) is 12.6. The smallest absolute Gasteiger partial charge is 0.273 e. The van der Waals surface area contributed by atoms with Crippen molar-refractivity contribution >= 4 is 23.2 Å². The van der Waals surface area contributed by atoms with Crippen LogP contribution in [0, 0.1) is 6.92 Å². The average Bonchev–Trinajstić information content (AvgIpc) is 3.08. The highest BCUT2D eigenvalue weighted by atomic mass is 35.5. The minimum Gasteiger partial charge on any atom is -0.497 e. The predicted molar refractivity (Wildman–Crippen MR) is 102 cm³/mol. The topological polar surface area (TPSA) is 67.0 Å². The van der Waals surface area contributed by atoms with E-state index < -0.39 is 0 Å². The number of H-pyrrole nitrogens is 1. The number of aryl methyl sites for hydroxylation is 2. The quantitative estimate of drug-likeness (QED) is 0.721. The van der Waals surface area contributed by atoms with Gasteiger partial charge < -0.3 is 10.1 Å². The standard InChI is InChI=1S/C20H18ClN3O2/c1-11-3-5-13(10-17(11)21)22-20(25)19-16-7-4-12-9-14(26-2)6-8-15(12)18(16)23-24-19/h3,5-6,8-10H,4,7H2,1-2H3,(H,22,25)(H,23,24). The van der Waals surface area contributed by atoms with Crippen LogP contribution in [0.1, 0.15) is 27.2 Å². The molecule has 0 spiro atoms. The highest BCUT2D eigenvalue weighted by molar-refractivity contribution is 6.31. The van der Waals surface area contributed by atoms with Crippen molar-refractivity contribution in [3.05, 3.63) is 63.8 Å². The van der Waals surface area contributed by atoms with Crippen molar-refractivity contribution in [1.82, 2.24) is 10.2 Å². The first-order valence-corrected chi connectivity index (χ1v) is 8.76. The second-order valence-electron chi connectivity index (χ2n) is 6.37. The van der Waals surface area contributed by atoms with Crippen molar-refractivity contribution in [2.45, 2.75) is 19.8 Å². The third-order valence-electron chi connectivity index (χ3n) is 4.74. The van der Waals surface area contributed by atoms with Gasteiger partial charge >= 0.3 is 0 Å². The van der Waals surface area contributed by atoms with Gasteiger partial charge in [-0.25, -0.2) is 0 Å². The Morgan fingerprint density at radius 2 is 2.08 bits per heavy atom. The van der Waals surface area contributed by atoms with Gasteiger partial charge in [0.1, 0.15) is 11.4 Å². The molecule has 2 N–H and O–H groups in total. The van der Waals surface area contributed by atoms with E-state index in [1.165, 1.54) is 5.56 Å². The summed E-state index contributed by atoms with van der Waals surface area (Å²) in [6, 6.07) is 11.4. The molecule has 0 unspecified atom stereocenters. The van der Waals surface area contributed by atoms with Gasteiger partial charge in [0.05, 0.1) is 12.8 Å². The lowest BCUT2D eigenvalue weighted by molar-refractivity contribution is 0.102. The monoisotopic (exact) mass is 367 g/mol. The summed E-state index contributed by atoms with van der Waals surface area (Å²) in [5.74, 6) is 0.618. The van der Waals surface area contributed by atoms with Gasteiger partial charge in [0.25, 0.3) is 5.91 Å². The molecule has 0 bridgehead atoms. The van der Waals surface area contributed by atoms with E-state index in [2.05, 4.69) is 15.5 Å². The molecule has 1 aliphatic rings. The Morgan fingerprint density at radius 1 is 1.23 bits per heavy atom. The fraction of sp³-hybridized carbons (Fsp3) is 0.200. The lowest BCUT2D eigenvalue weighted by Gasteiger charge is -2.17. The molecule has 0 fully saturated rings. The van der Waals surface area contributed by atoms with Gasteiger partial charge in [-0.05, 0) is 61.2 Å². The van der Waals surface area contributed by atoms with E-state index in [9.17, 15) is 4.79 Å². The molecule has 1 aliphatic carbocycles. The number of amides is 1. The number of hydrogen-bond acceptors (Lipinski definition) is 3. The Balaban J connectivity index is 1.64. The molecule has 2 aromatic carbocycles. The Bertz CT molecular complexity index is 1010. The van der Waals surface area contributed by atoms with Crippen molar-refractivity contribution in [2.75, 3.05) is 12.4 Å². The molecule has 0 saturated heterocycles. The van der Waals surface area contributed by atoms with Crippen LogP contribution in [-0.2, 0) is 12.8 Å². The molecule has 0 radical (unpaired) electrons. The third-order valence-corrected chi connectivity index (χ3v) is 5.14. The van der Waals surface area contributed by atoms with E-state index in [-0.39, 0.29) is 5.91 Å². The van der Waals surface area contributed by atoms with Crippen LogP contribution < -0.4 is 10.1 Å². The van der Waals surface area contributed by atoms with Gasteiger partial charge in [-0.2, -0.15) is 5.10 Å². The first-order valence-electron chi connectivity index (χ1n) is 8.39. The van der Waals surface area contributed by atoms with E-state index in [0.717, 1.165) is 41.0 Å². The van der Waals surface area contributed by atoms with E-state index in [1.807, 2.05) is 37.3 Å². The molecule has 132 valence electrons. The Morgan fingerprint density at radius 3 is 2.85 bits per heavy atom. The van der Waals surface area contributed by atoms with Crippen molar-refractivity contribution in [3.8, 4) is 17.0 Å². The molecule has 0 aliphatic heterocycles. The molecule has 5 nitrogen and oxygen atoms in total. The number of carbonyl (C=O) groups excluding carboxylic acids is 1. The predicted octanol–water partition coefficient (Wildman–Crippen LogP) is 4.40. The number of fused-ring (bicyclic) bond motifs is 3. The number of nitrogens with zero attached hydrogens (tertiary/aromatic N) is 1. The minimum absolute atomic E-state index is 0.212. The van der Waals surface area contributed by atoms with Gasteiger partial charge in [-0.15, -0.1) is 0 Å². The highest BCUT2D eigenvalue weighted by Gasteiger charge is 2.25.